The van der Waals surface area contributed by atoms with Crippen molar-refractivity contribution in [3.05, 3.63) is 35.4 Å². The second kappa shape index (κ2) is 8.99. The van der Waals surface area contributed by atoms with E-state index in [1.807, 2.05) is 4.90 Å². The average molecular weight is 394 g/mol. The van der Waals surface area contributed by atoms with E-state index in [0.717, 1.165) is 45.0 Å². The van der Waals surface area contributed by atoms with Gasteiger partial charge < -0.3 is 9.64 Å². The number of methoxy groups -OCH3 is 1. The van der Waals surface area contributed by atoms with E-state index in [-0.39, 0.29) is 23.7 Å². The fourth-order valence-corrected chi connectivity index (χ4v) is 4.48. The molecular formula is C21H28F2N2O3. The van der Waals surface area contributed by atoms with Gasteiger partial charge in [-0.3, -0.25) is 14.5 Å². The first-order valence-electron chi connectivity index (χ1n) is 9.92. The summed E-state index contributed by atoms with van der Waals surface area (Å²) in [5.74, 6) is -1.79. The summed E-state index contributed by atoms with van der Waals surface area (Å²) in [7, 11) is 1.35. The minimum absolute atomic E-state index is 0.0278. The highest BCUT2D eigenvalue weighted by molar-refractivity contribution is 5.77. The second-order valence-corrected chi connectivity index (χ2v) is 8.02. The normalized spacial score (nSPS) is 22.6. The molecule has 28 heavy (non-hydrogen) atoms. The van der Waals surface area contributed by atoms with E-state index in [0.29, 0.717) is 31.5 Å². The predicted molar refractivity (Wildman–Crippen MR) is 100 cm³/mol. The minimum atomic E-state index is -0.811. The van der Waals surface area contributed by atoms with Gasteiger partial charge in [-0.25, -0.2) is 8.78 Å². The first kappa shape index (κ1) is 20.7. The molecule has 0 bridgehead atoms. The molecule has 2 heterocycles. The molecule has 1 atom stereocenters. The Hall–Kier alpha value is -2.02. The van der Waals surface area contributed by atoms with Gasteiger partial charge in [0, 0.05) is 50.0 Å². The molecule has 2 aliphatic heterocycles. The van der Waals surface area contributed by atoms with Crippen LogP contribution >= 0.6 is 0 Å². The van der Waals surface area contributed by atoms with E-state index in [1.165, 1.54) is 13.2 Å². The van der Waals surface area contributed by atoms with Crippen molar-refractivity contribution in [2.75, 3.05) is 33.3 Å². The monoisotopic (exact) mass is 394 g/mol. The van der Waals surface area contributed by atoms with E-state index in [9.17, 15) is 18.4 Å². The van der Waals surface area contributed by atoms with Gasteiger partial charge in [0.2, 0.25) is 5.91 Å². The standard InChI is InChI=1S/C21H28F2N2O3/c1-28-19(27)8-3-7-18(26)25-12-10-21(15-25)9-4-11-24(14-21)13-16-5-2-6-17(22)20(16)23/h2,5-6H,3-4,7-15H2,1H3/t21-/m0/s1. The zero-order valence-electron chi connectivity index (χ0n) is 16.4. The molecule has 3 rings (SSSR count). The van der Waals surface area contributed by atoms with Gasteiger partial charge in [-0.2, -0.15) is 0 Å². The zero-order chi connectivity index (χ0) is 20.1. The van der Waals surface area contributed by atoms with E-state index < -0.39 is 11.6 Å². The maximum absolute atomic E-state index is 14.0. The molecule has 1 amide bonds. The van der Waals surface area contributed by atoms with E-state index in [4.69, 9.17) is 0 Å². The van der Waals surface area contributed by atoms with Crippen molar-refractivity contribution in [3.63, 3.8) is 0 Å². The third kappa shape index (κ3) is 4.87. The average Bonchev–Trinajstić information content (AvgIpc) is 3.08. The molecule has 154 valence electrons. The van der Waals surface area contributed by atoms with Crippen molar-refractivity contribution < 1.29 is 23.1 Å². The molecule has 2 fully saturated rings. The fraction of sp³-hybridized carbons (Fsp3) is 0.619. The smallest absolute Gasteiger partial charge is 0.305 e. The molecule has 7 heteroatoms. The van der Waals surface area contributed by atoms with Crippen LogP contribution in [0, 0.1) is 17.0 Å². The number of ether oxygens (including phenoxy) is 1. The number of rotatable bonds is 6. The molecule has 1 spiro atoms. The van der Waals surface area contributed by atoms with Crippen LogP contribution < -0.4 is 0 Å². The highest BCUT2D eigenvalue weighted by Gasteiger charge is 2.42. The minimum Gasteiger partial charge on any atom is -0.469 e. The Kier molecular flexibility index (Phi) is 6.65. The van der Waals surface area contributed by atoms with Crippen molar-refractivity contribution in [1.29, 1.82) is 0 Å². The molecule has 0 unspecified atom stereocenters. The lowest BCUT2D eigenvalue weighted by Crippen LogP contribution is -2.45. The molecule has 1 aromatic rings. The molecular weight excluding hydrogens is 366 g/mol. The quantitative estimate of drug-likeness (QED) is 0.696. The van der Waals surface area contributed by atoms with Crippen LogP contribution in [0.1, 0.15) is 44.1 Å². The zero-order valence-corrected chi connectivity index (χ0v) is 16.4. The van der Waals surface area contributed by atoms with Crippen molar-refractivity contribution in [1.82, 2.24) is 9.80 Å². The van der Waals surface area contributed by atoms with Crippen LogP contribution in [0.4, 0.5) is 8.78 Å². The van der Waals surface area contributed by atoms with Crippen LogP contribution in [0.25, 0.3) is 0 Å². The van der Waals surface area contributed by atoms with Crippen LogP contribution in [0.3, 0.4) is 0 Å². The Morgan fingerprint density at radius 3 is 2.75 bits per heavy atom. The Labute approximate surface area is 164 Å². The highest BCUT2D eigenvalue weighted by atomic mass is 19.2. The molecule has 0 N–H and O–H groups in total. The lowest BCUT2D eigenvalue weighted by molar-refractivity contribution is -0.140. The summed E-state index contributed by atoms with van der Waals surface area (Å²) in [6.07, 6.45) is 4.07. The van der Waals surface area contributed by atoms with Gasteiger partial charge in [-0.05, 0) is 38.3 Å². The number of carbonyl (C=O) groups excluding carboxylic acids is 2. The summed E-state index contributed by atoms with van der Waals surface area (Å²) in [5, 5.41) is 0. The van der Waals surface area contributed by atoms with Crippen LogP contribution in [0.2, 0.25) is 0 Å². The van der Waals surface area contributed by atoms with Crippen LogP contribution in [0.5, 0.6) is 0 Å². The fourth-order valence-electron chi connectivity index (χ4n) is 4.48. The maximum atomic E-state index is 14.0. The van der Waals surface area contributed by atoms with Gasteiger partial charge in [0.1, 0.15) is 0 Å². The number of amides is 1. The van der Waals surface area contributed by atoms with Gasteiger partial charge >= 0.3 is 5.97 Å². The summed E-state index contributed by atoms with van der Waals surface area (Å²) in [6.45, 7) is 3.45. The SMILES string of the molecule is COC(=O)CCCC(=O)N1CC[C@]2(CCCN(Cc3cccc(F)c3F)C2)C1. The summed E-state index contributed by atoms with van der Waals surface area (Å²) in [5.41, 5.74) is 0.408. The number of halogens is 2. The first-order valence-corrected chi connectivity index (χ1v) is 9.92. The molecule has 2 saturated heterocycles. The molecule has 0 aliphatic carbocycles. The predicted octanol–water partition coefficient (Wildman–Crippen LogP) is 3.12. The topological polar surface area (TPSA) is 49.9 Å². The first-order chi connectivity index (χ1) is 13.4. The number of nitrogens with zero attached hydrogens (tertiary/aromatic N) is 2. The Morgan fingerprint density at radius 2 is 1.96 bits per heavy atom. The molecule has 0 aromatic heterocycles. The van der Waals surface area contributed by atoms with Crippen LogP contribution in [0.15, 0.2) is 18.2 Å². The Morgan fingerprint density at radius 1 is 1.14 bits per heavy atom. The summed E-state index contributed by atoms with van der Waals surface area (Å²) >= 11 is 0. The second-order valence-electron chi connectivity index (χ2n) is 8.02. The summed E-state index contributed by atoms with van der Waals surface area (Å²) < 4.78 is 32.1. The van der Waals surface area contributed by atoms with E-state index in [1.54, 1.807) is 6.07 Å². The summed E-state index contributed by atoms with van der Waals surface area (Å²) in [6, 6.07) is 4.31. The number of carbonyl (C=O) groups is 2. The number of hydrogen-bond donors (Lipinski definition) is 0. The third-order valence-corrected chi connectivity index (χ3v) is 5.96. The lowest BCUT2D eigenvalue weighted by Gasteiger charge is -2.40. The number of hydrogen-bond acceptors (Lipinski definition) is 4. The van der Waals surface area contributed by atoms with Gasteiger partial charge in [0.25, 0.3) is 0 Å². The van der Waals surface area contributed by atoms with Crippen molar-refractivity contribution in [2.24, 2.45) is 5.41 Å². The van der Waals surface area contributed by atoms with Crippen LogP contribution in [-0.4, -0.2) is 55.0 Å². The van der Waals surface area contributed by atoms with Gasteiger partial charge in [0.05, 0.1) is 7.11 Å². The van der Waals surface area contributed by atoms with Crippen molar-refractivity contribution in [2.45, 2.75) is 45.1 Å². The largest absolute Gasteiger partial charge is 0.469 e. The Bertz CT molecular complexity index is 728. The van der Waals surface area contributed by atoms with Gasteiger partial charge in [-0.1, -0.05) is 12.1 Å². The summed E-state index contributed by atoms with van der Waals surface area (Å²) in [4.78, 5) is 27.7. The van der Waals surface area contributed by atoms with Gasteiger partial charge in [0.15, 0.2) is 11.6 Å². The highest BCUT2D eigenvalue weighted by Crippen LogP contribution is 2.39. The third-order valence-electron chi connectivity index (χ3n) is 5.96. The van der Waals surface area contributed by atoms with Crippen molar-refractivity contribution >= 4 is 11.9 Å². The molecule has 1 aromatic carbocycles. The maximum Gasteiger partial charge on any atom is 0.305 e. The van der Waals surface area contributed by atoms with E-state index >= 15 is 0 Å². The van der Waals surface area contributed by atoms with Gasteiger partial charge in [-0.15, -0.1) is 0 Å². The number of esters is 1. The number of piperidine rings is 1. The number of benzene rings is 1. The van der Waals surface area contributed by atoms with Crippen LogP contribution in [-0.2, 0) is 20.9 Å². The molecule has 5 nitrogen and oxygen atoms in total. The molecule has 0 saturated carbocycles. The molecule has 0 radical (unpaired) electrons. The molecule has 2 aliphatic rings. The Balaban J connectivity index is 1.54. The van der Waals surface area contributed by atoms with Crippen molar-refractivity contribution in [3.8, 4) is 0 Å². The van der Waals surface area contributed by atoms with E-state index in [2.05, 4.69) is 9.64 Å². The lowest BCUT2D eigenvalue weighted by atomic mass is 9.79. The number of likely N-dealkylation sites (tertiary alicyclic amines) is 2.